The zero-order valence-electron chi connectivity index (χ0n) is 12.4. The fourth-order valence-corrected chi connectivity index (χ4v) is 5.66. The average molecular weight is 337 g/mol. The van der Waals surface area contributed by atoms with Crippen molar-refractivity contribution < 1.29 is 13.2 Å². The summed E-state index contributed by atoms with van der Waals surface area (Å²) in [5.74, 6) is 1.06. The van der Waals surface area contributed by atoms with Crippen LogP contribution in [0.2, 0.25) is 0 Å². The highest BCUT2D eigenvalue weighted by atomic mass is 35.5. The van der Waals surface area contributed by atoms with Crippen LogP contribution in [0.15, 0.2) is 0 Å². The van der Waals surface area contributed by atoms with Gasteiger partial charge in [0.05, 0.1) is 0 Å². The van der Waals surface area contributed by atoms with Gasteiger partial charge < -0.3 is 10.6 Å². The molecule has 2 N–H and O–H groups in total. The van der Waals surface area contributed by atoms with E-state index in [1.54, 1.807) is 0 Å². The van der Waals surface area contributed by atoms with Gasteiger partial charge in [-0.05, 0) is 57.0 Å². The molecule has 0 aromatic carbocycles. The molecule has 2 bridgehead atoms. The second kappa shape index (κ2) is 6.05. The van der Waals surface area contributed by atoms with Crippen LogP contribution in [0.5, 0.6) is 0 Å². The summed E-state index contributed by atoms with van der Waals surface area (Å²) < 4.78 is 23.2. The number of hydrogen-bond acceptors (Lipinski definition) is 4. The number of piperidine rings is 1. The van der Waals surface area contributed by atoms with Gasteiger partial charge in [0.15, 0.2) is 14.6 Å². The van der Waals surface area contributed by atoms with Crippen LogP contribution >= 0.6 is 12.4 Å². The Kier molecular flexibility index (Phi) is 4.90. The van der Waals surface area contributed by atoms with Crippen LogP contribution in [0.3, 0.4) is 0 Å². The molecule has 2 saturated carbocycles. The summed E-state index contributed by atoms with van der Waals surface area (Å²) in [5.41, 5.74) is 0. The van der Waals surface area contributed by atoms with Crippen molar-refractivity contribution in [2.45, 2.75) is 49.3 Å². The summed E-state index contributed by atoms with van der Waals surface area (Å²) in [6.07, 6.45) is 6.68. The minimum Gasteiger partial charge on any atom is -0.352 e. The predicted molar refractivity (Wildman–Crippen MR) is 84.3 cm³/mol. The monoisotopic (exact) mass is 336 g/mol. The topological polar surface area (TPSA) is 75.3 Å². The highest BCUT2D eigenvalue weighted by Crippen LogP contribution is 2.44. The molecule has 0 aromatic rings. The van der Waals surface area contributed by atoms with Crippen molar-refractivity contribution in [1.29, 1.82) is 0 Å². The molecule has 3 rings (SSSR count). The van der Waals surface area contributed by atoms with E-state index in [0.29, 0.717) is 31.8 Å². The van der Waals surface area contributed by atoms with E-state index < -0.39 is 14.6 Å². The number of amides is 1. The highest BCUT2D eigenvalue weighted by Gasteiger charge is 2.50. The molecule has 1 aliphatic heterocycles. The summed E-state index contributed by atoms with van der Waals surface area (Å²) in [5, 5.41) is 6.22. The Labute approximate surface area is 133 Å². The number of rotatable bonds is 3. The fraction of sp³-hybridized carbons (Fsp3) is 0.929. The van der Waals surface area contributed by atoms with Crippen molar-refractivity contribution in [1.82, 2.24) is 10.6 Å². The van der Waals surface area contributed by atoms with E-state index in [0.717, 1.165) is 12.3 Å². The van der Waals surface area contributed by atoms with Gasteiger partial charge in [-0.2, -0.15) is 0 Å². The molecule has 1 heterocycles. The zero-order valence-corrected chi connectivity index (χ0v) is 14.1. The van der Waals surface area contributed by atoms with E-state index in [9.17, 15) is 13.2 Å². The number of hydrogen-bond donors (Lipinski definition) is 2. The lowest BCUT2D eigenvalue weighted by Crippen LogP contribution is -2.59. The Balaban J connectivity index is 0.00000161. The van der Waals surface area contributed by atoms with Gasteiger partial charge >= 0.3 is 0 Å². The first-order chi connectivity index (χ1) is 9.42. The molecule has 21 heavy (non-hydrogen) atoms. The third kappa shape index (κ3) is 2.94. The van der Waals surface area contributed by atoms with E-state index in [1.165, 1.54) is 25.5 Å². The van der Waals surface area contributed by atoms with E-state index in [1.807, 2.05) is 0 Å². The predicted octanol–water partition coefficient (Wildman–Crippen LogP) is 0.880. The largest absolute Gasteiger partial charge is 0.352 e. The van der Waals surface area contributed by atoms with Crippen molar-refractivity contribution in [2.75, 3.05) is 19.3 Å². The van der Waals surface area contributed by atoms with Crippen molar-refractivity contribution in [3.63, 3.8) is 0 Å². The van der Waals surface area contributed by atoms with Crippen molar-refractivity contribution >= 4 is 28.2 Å². The first-order valence-corrected chi connectivity index (χ1v) is 9.53. The minimum atomic E-state index is -3.39. The van der Waals surface area contributed by atoms with Crippen molar-refractivity contribution in [2.24, 2.45) is 11.8 Å². The molecule has 3 unspecified atom stereocenters. The molecule has 0 aromatic heterocycles. The van der Waals surface area contributed by atoms with Crippen LogP contribution in [-0.4, -0.2) is 44.5 Å². The number of nitrogens with one attached hydrogen (secondary N) is 2. The smallest absolute Gasteiger partial charge is 0.241 e. The third-order valence-electron chi connectivity index (χ3n) is 5.59. The van der Waals surface area contributed by atoms with E-state index >= 15 is 0 Å². The maximum Gasteiger partial charge on any atom is 0.241 e. The van der Waals surface area contributed by atoms with Crippen molar-refractivity contribution in [3.8, 4) is 0 Å². The second-order valence-corrected chi connectivity index (χ2v) is 9.10. The first-order valence-electron chi connectivity index (χ1n) is 7.64. The molecule has 2 aliphatic carbocycles. The third-order valence-corrected chi connectivity index (χ3v) is 7.60. The van der Waals surface area contributed by atoms with E-state index in [4.69, 9.17) is 0 Å². The van der Waals surface area contributed by atoms with Gasteiger partial charge in [-0.3, -0.25) is 4.79 Å². The molecular weight excluding hydrogens is 312 g/mol. The highest BCUT2D eigenvalue weighted by molar-refractivity contribution is 7.92. The zero-order chi connectivity index (χ0) is 14.4. The quantitative estimate of drug-likeness (QED) is 0.802. The molecule has 7 heteroatoms. The second-order valence-electron chi connectivity index (χ2n) is 6.77. The molecule has 0 radical (unpaired) electrons. The molecule has 122 valence electrons. The van der Waals surface area contributed by atoms with Gasteiger partial charge in [0.1, 0.15) is 0 Å². The fourth-order valence-electron chi connectivity index (χ4n) is 4.32. The van der Waals surface area contributed by atoms with Gasteiger partial charge in [0.2, 0.25) is 5.91 Å². The van der Waals surface area contributed by atoms with Crippen LogP contribution in [0.25, 0.3) is 0 Å². The maximum atomic E-state index is 12.7. The van der Waals surface area contributed by atoms with Crippen LogP contribution in [-0.2, 0) is 14.6 Å². The molecule has 1 amide bonds. The van der Waals surface area contributed by atoms with Gasteiger partial charge in [0.25, 0.3) is 0 Å². The van der Waals surface area contributed by atoms with E-state index in [2.05, 4.69) is 10.6 Å². The molecule has 3 atom stereocenters. The SMILES string of the molecule is CS(=O)(=O)C1(C(=O)NC2CC3CCC2C3)CCNCC1.Cl. The molecular formula is C14H25ClN2O3S. The van der Waals surface area contributed by atoms with Gasteiger partial charge in [-0.1, -0.05) is 6.42 Å². The van der Waals surface area contributed by atoms with Crippen LogP contribution in [0.4, 0.5) is 0 Å². The molecule has 3 aliphatic rings. The lowest BCUT2D eigenvalue weighted by atomic mass is 9.92. The number of fused-ring (bicyclic) bond motifs is 2. The summed E-state index contributed by atoms with van der Waals surface area (Å²) in [4.78, 5) is 12.7. The van der Waals surface area contributed by atoms with Crippen LogP contribution < -0.4 is 10.6 Å². The Morgan fingerprint density at radius 2 is 1.86 bits per heavy atom. The van der Waals surface area contributed by atoms with Gasteiger partial charge in [-0.25, -0.2) is 8.42 Å². The molecule has 5 nitrogen and oxygen atoms in total. The van der Waals surface area contributed by atoms with Crippen molar-refractivity contribution in [3.05, 3.63) is 0 Å². The standard InChI is InChI=1S/C14H24N2O3S.ClH/c1-20(18,19)14(4-6-15-7-5-14)13(17)16-12-9-10-2-3-11(12)8-10;/h10-12,15H,2-9H2,1H3,(H,16,17);1H. The summed E-state index contributed by atoms with van der Waals surface area (Å²) in [6, 6.07) is 0.203. The Morgan fingerprint density at radius 3 is 2.33 bits per heavy atom. The Hall–Kier alpha value is -0.330. The summed E-state index contributed by atoms with van der Waals surface area (Å²) in [7, 11) is -3.39. The van der Waals surface area contributed by atoms with Crippen LogP contribution in [0.1, 0.15) is 38.5 Å². The lowest BCUT2D eigenvalue weighted by Gasteiger charge is -2.36. The lowest BCUT2D eigenvalue weighted by molar-refractivity contribution is -0.125. The van der Waals surface area contributed by atoms with Gasteiger partial charge in [0, 0.05) is 12.3 Å². The van der Waals surface area contributed by atoms with Gasteiger partial charge in [-0.15, -0.1) is 12.4 Å². The molecule has 0 spiro atoms. The number of carbonyl (C=O) groups is 1. The minimum absolute atomic E-state index is 0. The van der Waals surface area contributed by atoms with Crippen LogP contribution in [0, 0.1) is 11.8 Å². The maximum absolute atomic E-state index is 12.7. The Morgan fingerprint density at radius 1 is 1.19 bits per heavy atom. The van der Waals surface area contributed by atoms with E-state index in [-0.39, 0.29) is 24.4 Å². The molecule has 3 fully saturated rings. The number of halogens is 1. The molecule has 1 saturated heterocycles. The summed E-state index contributed by atoms with van der Waals surface area (Å²) >= 11 is 0. The normalized spacial score (nSPS) is 34.2. The Bertz CT molecular complexity index is 502. The first kappa shape index (κ1) is 17.0. The summed E-state index contributed by atoms with van der Waals surface area (Å²) in [6.45, 7) is 1.19. The number of carbonyl (C=O) groups excluding carboxylic acids is 1. The number of sulfone groups is 1. The average Bonchev–Trinajstić information content (AvgIpc) is 3.00.